The Morgan fingerprint density at radius 2 is 2.13 bits per heavy atom. The smallest absolute Gasteiger partial charge is 0.393 e. The minimum atomic E-state index is -4.49. The van der Waals surface area contributed by atoms with Crippen molar-refractivity contribution in [2.75, 3.05) is 18.4 Å². The molecule has 9 nitrogen and oxygen atoms in total. The first-order valence-corrected chi connectivity index (χ1v) is 13.3. The van der Waals surface area contributed by atoms with Crippen LogP contribution in [0.3, 0.4) is 0 Å². The van der Waals surface area contributed by atoms with E-state index in [-0.39, 0.29) is 46.9 Å². The van der Waals surface area contributed by atoms with Crippen molar-refractivity contribution in [2.45, 2.75) is 56.7 Å². The second-order valence-corrected chi connectivity index (χ2v) is 10.5. The van der Waals surface area contributed by atoms with E-state index in [1.807, 2.05) is 0 Å². The molecule has 5 rings (SSSR count). The van der Waals surface area contributed by atoms with Gasteiger partial charge in [-0.15, -0.1) is 11.3 Å². The van der Waals surface area contributed by atoms with Gasteiger partial charge in [0.05, 0.1) is 45.9 Å². The lowest BCUT2D eigenvalue weighted by Crippen LogP contribution is -2.45. The van der Waals surface area contributed by atoms with E-state index in [1.54, 1.807) is 18.2 Å². The number of hydrogen-bond donors (Lipinski definition) is 4. The highest BCUT2D eigenvalue weighted by Crippen LogP contribution is 2.43. The molecule has 1 amide bonds. The van der Waals surface area contributed by atoms with Crippen LogP contribution in [0.4, 0.5) is 23.2 Å². The molecule has 0 bridgehead atoms. The Bertz CT molecular complexity index is 1400. The average Bonchev–Trinajstić information content (AvgIpc) is 3.49. The minimum absolute atomic E-state index is 0.00860. The number of rotatable bonds is 9. The van der Waals surface area contributed by atoms with Crippen LogP contribution in [0.5, 0.6) is 0 Å². The Kier molecular flexibility index (Phi) is 7.84. The molecule has 14 heteroatoms. The van der Waals surface area contributed by atoms with Crippen LogP contribution in [0.15, 0.2) is 39.5 Å². The van der Waals surface area contributed by atoms with E-state index in [4.69, 9.17) is 10.3 Å². The summed E-state index contributed by atoms with van der Waals surface area (Å²) in [7, 11) is 0. The van der Waals surface area contributed by atoms with Gasteiger partial charge in [-0.2, -0.15) is 18.2 Å². The second-order valence-electron chi connectivity index (χ2n) is 9.47. The maximum absolute atomic E-state index is 14.4. The fourth-order valence-electron chi connectivity index (χ4n) is 4.29. The Hall–Kier alpha value is -3.52. The van der Waals surface area contributed by atoms with Gasteiger partial charge in [0.1, 0.15) is 6.17 Å². The molecule has 3 aromatic rings. The first-order chi connectivity index (χ1) is 18.7. The molecule has 39 heavy (non-hydrogen) atoms. The molecular formula is C25H27F4N7O2S. The highest BCUT2D eigenvalue weighted by Gasteiger charge is 2.33. The number of carbonyl (C=O) groups excluding carboxylic acids is 1. The largest absolute Gasteiger partial charge is 0.404 e. The number of nitrogens with two attached hydrogens (primary N) is 1. The van der Waals surface area contributed by atoms with Crippen molar-refractivity contribution in [3.63, 3.8) is 0 Å². The van der Waals surface area contributed by atoms with Crippen molar-refractivity contribution < 1.29 is 26.9 Å². The van der Waals surface area contributed by atoms with Crippen molar-refractivity contribution in [3.05, 3.63) is 41.4 Å². The van der Waals surface area contributed by atoms with Gasteiger partial charge >= 0.3 is 6.18 Å². The van der Waals surface area contributed by atoms with E-state index >= 15 is 0 Å². The number of hydrogen-bond acceptors (Lipinski definition) is 9. The third-order valence-electron chi connectivity index (χ3n) is 6.43. The number of amides is 1. The van der Waals surface area contributed by atoms with Gasteiger partial charge in [-0.05, 0) is 42.8 Å². The van der Waals surface area contributed by atoms with Gasteiger partial charge in [-0.3, -0.25) is 9.79 Å². The quantitative estimate of drug-likeness (QED) is 0.176. The number of carbonyl (C=O) groups is 1. The molecule has 1 aliphatic carbocycles. The maximum Gasteiger partial charge on any atom is 0.393 e. The number of thiophene rings is 1. The van der Waals surface area contributed by atoms with Gasteiger partial charge in [0.2, 0.25) is 11.7 Å². The van der Waals surface area contributed by atoms with Gasteiger partial charge in [0, 0.05) is 19.0 Å². The normalized spacial score (nSPS) is 20.6. The van der Waals surface area contributed by atoms with Gasteiger partial charge in [-0.1, -0.05) is 17.3 Å². The third-order valence-corrected chi connectivity index (χ3v) is 7.71. The van der Waals surface area contributed by atoms with Crippen LogP contribution in [-0.2, 0) is 17.8 Å². The maximum atomic E-state index is 14.4. The molecule has 1 saturated heterocycles. The van der Waals surface area contributed by atoms with E-state index < -0.39 is 30.7 Å². The summed E-state index contributed by atoms with van der Waals surface area (Å²) in [5.74, 6) is -0.514. The molecule has 2 atom stereocenters. The Labute approximate surface area is 224 Å². The lowest BCUT2D eigenvalue weighted by Gasteiger charge is -2.28. The van der Waals surface area contributed by atoms with Gasteiger partial charge in [0.25, 0.3) is 5.91 Å². The van der Waals surface area contributed by atoms with Crippen LogP contribution in [0.1, 0.15) is 30.7 Å². The summed E-state index contributed by atoms with van der Waals surface area (Å²) < 4.78 is 61.0. The molecule has 2 aliphatic rings. The molecule has 1 aromatic carbocycles. The standard InChI is InChI=1S/C25H27F4N7O2S/c26-17-11-31-7-6-18(17)34-19-3-1-2-15-16(8-25(27,28)29)22(39-21(15)19)23-35-20(38-36-23)12-33-24(37)13(9-30)10-32-14-4-5-14/h1-3,9-10,14,17-18,31,34H,4-8,11-12,30H2,(H,33,37)/b13-9+,32-10?. The highest BCUT2D eigenvalue weighted by atomic mass is 32.1. The van der Waals surface area contributed by atoms with Crippen LogP contribution in [0, 0.1) is 0 Å². The molecule has 2 unspecified atom stereocenters. The first kappa shape index (κ1) is 27.1. The second kappa shape index (κ2) is 11.3. The first-order valence-electron chi connectivity index (χ1n) is 12.5. The molecule has 1 saturated carbocycles. The number of halogens is 4. The SMILES string of the molecule is N/C=C(\C=NC1CC1)C(=O)NCc1nc(-c2sc3c(NC4CCNCC4F)cccc3c2CC(F)(F)F)no1. The zero-order chi connectivity index (χ0) is 27.6. The molecule has 2 aromatic heterocycles. The van der Waals surface area contributed by atoms with Crippen molar-refractivity contribution in [1.82, 2.24) is 20.8 Å². The number of anilines is 1. The number of alkyl halides is 4. The molecule has 2 fully saturated rings. The van der Waals surface area contributed by atoms with Gasteiger partial charge in [-0.25, -0.2) is 4.39 Å². The van der Waals surface area contributed by atoms with E-state index in [2.05, 4.69) is 31.1 Å². The lowest BCUT2D eigenvalue weighted by molar-refractivity contribution is -0.126. The lowest BCUT2D eigenvalue weighted by atomic mass is 10.0. The van der Waals surface area contributed by atoms with E-state index in [9.17, 15) is 22.4 Å². The summed E-state index contributed by atoms with van der Waals surface area (Å²) in [5.41, 5.74) is 6.25. The molecule has 1 aliphatic heterocycles. The van der Waals surface area contributed by atoms with Crippen LogP contribution in [0.25, 0.3) is 20.8 Å². The summed E-state index contributed by atoms with van der Waals surface area (Å²) in [5, 5.41) is 13.0. The number of piperidine rings is 1. The van der Waals surface area contributed by atoms with Crippen molar-refractivity contribution >= 4 is 39.2 Å². The van der Waals surface area contributed by atoms with Crippen molar-refractivity contribution in [3.8, 4) is 10.7 Å². The Morgan fingerprint density at radius 3 is 2.85 bits per heavy atom. The third kappa shape index (κ3) is 6.56. The number of benzene rings is 1. The molecule has 208 valence electrons. The fourth-order valence-corrected chi connectivity index (χ4v) is 5.51. The molecule has 0 radical (unpaired) electrons. The summed E-state index contributed by atoms with van der Waals surface area (Å²) in [6.45, 7) is 0.697. The summed E-state index contributed by atoms with van der Waals surface area (Å²) >= 11 is 1.08. The van der Waals surface area contributed by atoms with Crippen LogP contribution < -0.4 is 21.7 Å². The number of aromatic nitrogens is 2. The van der Waals surface area contributed by atoms with Gasteiger partial charge in [0.15, 0.2) is 0 Å². The zero-order valence-electron chi connectivity index (χ0n) is 20.7. The molecule has 5 N–H and O–H groups in total. The van der Waals surface area contributed by atoms with E-state index in [1.165, 1.54) is 6.21 Å². The van der Waals surface area contributed by atoms with Crippen molar-refractivity contribution in [2.24, 2.45) is 10.7 Å². The minimum Gasteiger partial charge on any atom is -0.404 e. The monoisotopic (exact) mass is 565 g/mol. The number of nitrogens with one attached hydrogen (secondary N) is 3. The molecule has 3 heterocycles. The summed E-state index contributed by atoms with van der Waals surface area (Å²) in [4.78, 5) is 21.1. The predicted octanol–water partition coefficient (Wildman–Crippen LogP) is 3.86. The van der Waals surface area contributed by atoms with Crippen LogP contribution in [0.2, 0.25) is 0 Å². The van der Waals surface area contributed by atoms with Crippen LogP contribution >= 0.6 is 11.3 Å². The summed E-state index contributed by atoms with van der Waals surface area (Å²) in [6.07, 6.45) is -1.78. The van der Waals surface area contributed by atoms with E-state index in [0.717, 1.165) is 30.4 Å². The molecular weight excluding hydrogens is 538 g/mol. The predicted molar refractivity (Wildman–Crippen MR) is 140 cm³/mol. The summed E-state index contributed by atoms with van der Waals surface area (Å²) in [6, 6.07) is 4.72. The van der Waals surface area contributed by atoms with Crippen LogP contribution in [-0.4, -0.2) is 59.8 Å². The van der Waals surface area contributed by atoms with Crippen molar-refractivity contribution in [1.29, 1.82) is 0 Å². The molecule has 0 spiro atoms. The number of nitrogens with zero attached hydrogens (tertiary/aromatic N) is 3. The highest BCUT2D eigenvalue weighted by molar-refractivity contribution is 7.23. The topological polar surface area (TPSA) is 130 Å². The fraction of sp³-hybridized carbons (Fsp3) is 0.440. The zero-order valence-corrected chi connectivity index (χ0v) is 21.5. The Balaban J connectivity index is 1.39. The van der Waals surface area contributed by atoms with E-state index in [0.29, 0.717) is 28.7 Å². The number of aliphatic imine (C=N–C) groups is 1. The average molecular weight is 566 g/mol. The number of fused-ring (bicyclic) bond motifs is 1. The van der Waals surface area contributed by atoms with Gasteiger partial charge < -0.3 is 26.2 Å². The Morgan fingerprint density at radius 1 is 1.31 bits per heavy atom.